The smallest absolute Gasteiger partial charge is 0.251 e. The molecule has 3 aromatic rings. The Morgan fingerprint density at radius 1 is 0.964 bits per heavy atom. The molecule has 3 rings (SSSR count). The van der Waals surface area contributed by atoms with E-state index in [9.17, 15) is 4.79 Å². The molecule has 0 saturated carbocycles. The van der Waals surface area contributed by atoms with Crippen LogP contribution in [0.25, 0.3) is 11.4 Å². The van der Waals surface area contributed by atoms with Gasteiger partial charge in [0.1, 0.15) is 5.75 Å². The molecule has 0 saturated heterocycles. The van der Waals surface area contributed by atoms with Crippen molar-refractivity contribution in [2.45, 2.75) is 32.6 Å². The highest BCUT2D eigenvalue weighted by Gasteiger charge is 2.08. The second kappa shape index (κ2) is 10.2. The van der Waals surface area contributed by atoms with Crippen LogP contribution in [0.4, 0.5) is 0 Å². The summed E-state index contributed by atoms with van der Waals surface area (Å²) in [6, 6.07) is 18.5. The molecule has 0 atom stereocenters. The van der Waals surface area contributed by atoms with Gasteiger partial charge >= 0.3 is 0 Å². The van der Waals surface area contributed by atoms with Gasteiger partial charge in [-0.25, -0.2) is 4.98 Å². The van der Waals surface area contributed by atoms with Crippen LogP contribution < -0.4 is 10.1 Å². The van der Waals surface area contributed by atoms with E-state index in [1.807, 2.05) is 42.5 Å². The first-order chi connectivity index (χ1) is 13.8. The van der Waals surface area contributed by atoms with Gasteiger partial charge in [0.25, 0.3) is 5.91 Å². The number of rotatable bonds is 9. The van der Waals surface area contributed by atoms with Gasteiger partial charge in [-0.1, -0.05) is 56.5 Å². The molecule has 0 aliphatic heterocycles. The van der Waals surface area contributed by atoms with E-state index in [-0.39, 0.29) is 5.91 Å². The number of aromatic nitrogens is 2. The molecule has 5 nitrogen and oxygen atoms in total. The van der Waals surface area contributed by atoms with Gasteiger partial charge in [0.05, 0.1) is 0 Å². The van der Waals surface area contributed by atoms with Gasteiger partial charge in [0, 0.05) is 29.9 Å². The molecule has 0 radical (unpaired) electrons. The van der Waals surface area contributed by atoms with Crippen LogP contribution in [0, 0.1) is 0 Å². The highest BCUT2D eigenvalue weighted by Crippen LogP contribution is 2.22. The maximum atomic E-state index is 12.2. The minimum Gasteiger partial charge on any atom is -0.439 e. The summed E-state index contributed by atoms with van der Waals surface area (Å²) in [6.07, 6.45) is 6.22. The number of hydrogen-bond acceptors (Lipinski definition) is 4. The fourth-order valence-corrected chi connectivity index (χ4v) is 2.77. The quantitative estimate of drug-likeness (QED) is 0.519. The average Bonchev–Trinajstić information content (AvgIpc) is 2.74. The molecule has 28 heavy (non-hydrogen) atoms. The average molecular weight is 375 g/mol. The van der Waals surface area contributed by atoms with Crippen molar-refractivity contribution in [2.24, 2.45) is 0 Å². The molecule has 144 valence electrons. The van der Waals surface area contributed by atoms with E-state index in [1.54, 1.807) is 24.4 Å². The SMILES string of the molecule is CCCCCCNC(=O)c1ccc(-c2nccc(Oc3ccccc3)n2)cc1. The molecule has 1 aromatic heterocycles. The van der Waals surface area contributed by atoms with Crippen molar-refractivity contribution in [3.8, 4) is 23.0 Å². The molecule has 5 heteroatoms. The van der Waals surface area contributed by atoms with Gasteiger partial charge in [-0.2, -0.15) is 4.98 Å². The van der Waals surface area contributed by atoms with E-state index >= 15 is 0 Å². The second-order valence-corrected chi connectivity index (χ2v) is 6.53. The van der Waals surface area contributed by atoms with E-state index in [0.29, 0.717) is 23.8 Å². The Morgan fingerprint density at radius 2 is 1.75 bits per heavy atom. The standard InChI is InChI=1S/C23H25N3O2/c1-2-3-4-8-16-25-23(27)19-13-11-18(12-14-19)22-24-17-15-21(26-22)28-20-9-6-5-7-10-20/h5-7,9-15,17H,2-4,8,16H2,1H3,(H,25,27). The number of unbranched alkanes of at least 4 members (excludes halogenated alkanes) is 3. The van der Waals surface area contributed by atoms with Gasteiger partial charge in [0.2, 0.25) is 5.88 Å². The minimum atomic E-state index is -0.0508. The predicted octanol–water partition coefficient (Wildman–Crippen LogP) is 5.25. The predicted molar refractivity (Wildman–Crippen MR) is 110 cm³/mol. The molecular weight excluding hydrogens is 350 g/mol. The zero-order valence-corrected chi connectivity index (χ0v) is 16.1. The van der Waals surface area contributed by atoms with Gasteiger partial charge in [-0.15, -0.1) is 0 Å². The number of amides is 1. The Kier molecular flexibility index (Phi) is 7.13. The van der Waals surface area contributed by atoms with Crippen molar-refractivity contribution < 1.29 is 9.53 Å². The zero-order chi connectivity index (χ0) is 19.6. The lowest BCUT2D eigenvalue weighted by atomic mass is 10.1. The third-order valence-corrected chi connectivity index (χ3v) is 4.32. The van der Waals surface area contributed by atoms with Crippen LogP contribution >= 0.6 is 0 Å². The molecule has 0 fully saturated rings. The number of carbonyl (C=O) groups is 1. The third kappa shape index (κ3) is 5.64. The molecule has 0 aliphatic carbocycles. The lowest BCUT2D eigenvalue weighted by Crippen LogP contribution is -2.24. The van der Waals surface area contributed by atoms with Crippen LogP contribution in [-0.4, -0.2) is 22.4 Å². The fraction of sp³-hybridized carbons (Fsp3) is 0.261. The highest BCUT2D eigenvalue weighted by molar-refractivity contribution is 5.94. The number of nitrogens with one attached hydrogen (secondary N) is 1. The van der Waals surface area contributed by atoms with Gasteiger partial charge in [-0.05, 0) is 30.7 Å². The number of benzene rings is 2. The molecule has 1 N–H and O–H groups in total. The molecule has 0 unspecified atom stereocenters. The number of ether oxygens (including phenoxy) is 1. The lowest BCUT2D eigenvalue weighted by molar-refractivity contribution is 0.0953. The molecular formula is C23H25N3O2. The Balaban J connectivity index is 1.61. The molecule has 0 bridgehead atoms. The maximum Gasteiger partial charge on any atom is 0.251 e. The van der Waals surface area contributed by atoms with Crippen molar-refractivity contribution in [3.05, 3.63) is 72.4 Å². The van der Waals surface area contributed by atoms with Crippen LogP contribution in [0.3, 0.4) is 0 Å². The first kappa shape index (κ1) is 19.5. The molecule has 0 aliphatic rings. The third-order valence-electron chi connectivity index (χ3n) is 4.32. The zero-order valence-electron chi connectivity index (χ0n) is 16.1. The van der Waals surface area contributed by atoms with Crippen molar-refractivity contribution in [2.75, 3.05) is 6.54 Å². The summed E-state index contributed by atoms with van der Waals surface area (Å²) in [4.78, 5) is 21.0. The van der Waals surface area contributed by atoms with Crippen LogP contribution in [0.1, 0.15) is 43.0 Å². The van der Waals surface area contributed by atoms with Gasteiger partial charge in [-0.3, -0.25) is 4.79 Å². The molecule has 2 aromatic carbocycles. The minimum absolute atomic E-state index is 0.0508. The number of hydrogen-bond donors (Lipinski definition) is 1. The maximum absolute atomic E-state index is 12.2. The largest absolute Gasteiger partial charge is 0.439 e. The summed E-state index contributed by atoms with van der Waals surface area (Å²) in [7, 11) is 0. The van der Waals surface area contributed by atoms with Crippen LogP contribution in [0.5, 0.6) is 11.6 Å². The van der Waals surface area contributed by atoms with Crippen LogP contribution in [0.15, 0.2) is 66.9 Å². The monoisotopic (exact) mass is 375 g/mol. The second-order valence-electron chi connectivity index (χ2n) is 6.53. The molecule has 1 amide bonds. The van der Waals surface area contributed by atoms with E-state index in [1.165, 1.54) is 12.8 Å². The normalized spacial score (nSPS) is 10.5. The summed E-state index contributed by atoms with van der Waals surface area (Å²) in [5.74, 6) is 1.70. The fourth-order valence-electron chi connectivity index (χ4n) is 2.77. The van der Waals surface area contributed by atoms with E-state index in [4.69, 9.17) is 4.74 Å². The Hall–Kier alpha value is -3.21. The van der Waals surface area contributed by atoms with Gasteiger partial charge < -0.3 is 10.1 Å². The van der Waals surface area contributed by atoms with E-state index in [0.717, 1.165) is 24.2 Å². The Morgan fingerprint density at radius 3 is 2.50 bits per heavy atom. The summed E-state index contributed by atoms with van der Waals surface area (Å²) < 4.78 is 5.76. The summed E-state index contributed by atoms with van der Waals surface area (Å²) in [5, 5.41) is 2.96. The highest BCUT2D eigenvalue weighted by atomic mass is 16.5. The number of nitrogens with zero attached hydrogens (tertiary/aromatic N) is 2. The summed E-state index contributed by atoms with van der Waals surface area (Å²) >= 11 is 0. The van der Waals surface area contributed by atoms with Crippen molar-refractivity contribution in [1.82, 2.24) is 15.3 Å². The number of para-hydroxylation sites is 1. The Labute approximate surface area is 165 Å². The van der Waals surface area contributed by atoms with Crippen LogP contribution in [-0.2, 0) is 0 Å². The first-order valence-electron chi connectivity index (χ1n) is 9.71. The summed E-state index contributed by atoms with van der Waals surface area (Å²) in [5.41, 5.74) is 1.47. The lowest BCUT2D eigenvalue weighted by Gasteiger charge is -2.07. The van der Waals surface area contributed by atoms with Gasteiger partial charge in [0.15, 0.2) is 5.82 Å². The summed E-state index contributed by atoms with van der Waals surface area (Å²) in [6.45, 7) is 2.88. The van der Waals surface area contributed by atoms with Crippen molar-refractivity contribution >= 4 is 5.91 Å². The van der Waals surface area contributed by atoms with E-state index < -0.39 is 0 Å². The topological polar surface area (TPSA) is 64.1 Å². The first-order valence-corrected chi connectivity index (χ1v) is 9.71. The Bertz CT molecular complexity index is 880. The number of carbonyl (C=O) groups excluding carboxylic acids is 1. The van der Waals surface area contributed by atoms with Crippen molar-refractivity contribution in [1.29, 1.82) is 0 Å². The molecule has 1 heterocycles. The van der Waals surface area contributed by atoms with E-state index in [2.05, 4.69) is 22.2 Å². The van der Waals surface area contributed by atoms with Crippen LogP contribution in [0.2, 0.25) is 0 Å². The van der Waals surface area contributed by atoms with Crippen molar-refractivity contribution in [3.63, 3.8) is 0 Å². The molecule has 0 spiro atoms.